The molecule has 2 saturated heterocycles. The van der Waals surface area contributed by atoms with Crippen molar-refractivity contribution in [2.24, 2.45) is 0 Å². The van der Waals surface area contributed by atoms with Crippen LogP contribution >= 0.6 is 0 Å². The summed E-state index contributed by atoms with van der Waals surface area (Å²) in [6.45, 7) is 0.798. The SMILES string of the molecule is COc1ccc(C2CC(C(=O)N3CCCC3c3cccc(OC)c3)NN2)cc1. The first kappa shape index (κ1) is 18.8. The minimum atomic E-state index is -0.224. The van der Waals surface area contributed by atoms with Gasteiger partial charge in [0.25, 0.3) is 0 Å². The third kappa shape index (κ3) is 3.70. The van der Waals surface area contributed by atoms with Crippen molar-refractivity contribution < 1.29 is 14.3 Å². The monoisotopic (exact) mass is 381 g/mol. The Labute approximate surface area is 165 Å². The highest BCUT2D eigenvalue weighted by Crippen LogP contribution is 2.35. The molecule has 28 heavy (non-hydrogen) atoms. The number of benzene rings is 2. The van der Waals surface area contributed by atoms with Crippen molar-refractivity contribution in [1.82, 2.24) is 15.8 Å². The number of hydrazine groups is 1. The molecule has 1 amide bonds. The Morgan fingerprint density at radius 3 is 2.54 bits per heavy atom. The van der Waals surface area contributed by atoms with E-state index in [4.69, 9.17) is 9.47 Å². The zero-order valence-electron chi connectivity index (χ0n) is 16.4. The first-order valence-corrected chi connectivity index (χ1v) is 9.79. The lowest BCUT2D eigenvalue weighted by molar-refractivity contribution is -0.134. The standard InChI is InChI=1S/C22H27N3O3/c1-27-17-10-8-15(9-11-17)19-14-20(24-23-19)22(26)25-12-4-7-21(25)16-5-3-6-18(13-16)28-2/h3,5-6,8-11,13,19-21,23-24H,4,7,12,14H2,1-2H3. The fraction of sp³-hybridized carbons (Fsp3) is 0.409. The third-order valence-corrected chi connectivity index (χ3v) is 5.73. The van der Waals surface area contributed by atoms with Gasteiger partial charge in [0.05, 0.1) is 20.3 Å². The van der Waals surface area contributed by atoms with E-state index in [9.17, 15) is 4.79 Å². The van der Waals surface area contributed by atoms with Gasteiger partial charge in [-0.05, 0) is 54.7 Å². The van der Waals surface area contributed by atoms with E-state index >= 15 is 0 Å². The summed E-state index contributed by atoms with van der Waals surface area (Å²) in [7, 11) is 3.33. The number of hydrogen-bond acceptors (Lipinski definition) is 5. The highest BCUT2D eigenvalue weighted by molar-refractivity contribution is 5.83. The van der Waals surface area contributed by atoms with E-state index in [1.165, 1.54) is 0 Å². The number of carbonyl (C=O) groups excluding carboxylic acids is 1. The van der Waals surface area contributed by atoms with Gasteiger partial charge in [0.15, 0.2) is 0 Å². The number of amides is 1. The number of nitrogens with zero attached hydrogens (tertiary/aromatic N) is 1. The molecule has 2 N–H and O–H groups in total. The zero-order valence-corrected chi connectivity index (χ0v) is 16.4. The second-order valence-electron chi connectivity index (χ2n) is 7.37. The average molecular weight is 381 g/mol. The molecule has 3 unspecified atom stereocenters. The molecule has 148 valence electrons. The summed E-state index contributed by atoms with van der Waals surface area (Å²) in [4.78, 5) is 15.3. The number of carbonyl (C=O) groups is 1. The molecule has 6 nitrogen and oxygen atoms in total. The lowest BCUT2D eigenvalue weighted by atomic mass is 10.00. The van der Waals surface area contributed by atoms with Crippen LogP contribution in [-0.2, 0) is 4.79 Å². The Bertz CT molecular complexity index is 824. The molecule has 2 heterocycles. The number of hydrogen-bond donors (Lipinski definition) is 2. The molecule has 6 heteroatoms. The molecule has 2 aromatic carbocycles. The van der Waals surface area contributed by atoms with Crippen molar-refractivity contribution in [2.45, 2.75) is 37.4 Å². The molecule has 2 aromatic rings. The molecule has 2 aliphatic rings. The molecule has 3 atom stereocenters. The molecule has 4 rings (SSSR count). The first-order chi connectivity index (χ1) is 13.7. The van der Waals surface area contributed by atoms with E-state index in [0.29, 0.717) is 0 Å². The molecule has 2 aliphatic heterocycles. The van der Waals surface area contributed by atoms with E-state index < -0.39 is 0 Å². The Morgan fingerprint density at radius 1 is 1.00 bits per heavy atom. The van der Waals surface area contributed by atoms with Crippen molar-refractivity contribution in [3.63, 3.8) is 0 Å². The molecule has 0 bridgehead atoms. The maximum Gasteiger partial charge on any atom is 0.241 e. The van der Waals surface area contributed by atoms with Crippen molar-refractivity contribution in [2.75, 3.05) is 20.8 Å². The van der Waals surface area contributed by atoms with Crippen LogP contribution in [0.4, 0.5) is 0 Å². The van der Waals surface area contributed by atoms with Crippen molar-refractivity contribution >= 4 is 5.91 Å². The van der Waals surface area contributed by atoms with Crippen LogP contribution in [0.5, 0.6) is 11.5 Å². The van der Waals surface area contributed by atoms with Crippen molar-refractivity contribution in [3.05, 3.63) is 59.7 Å². The van der Waals surface area contributed by atoms with Crippen molar-refractivity contribution in [1.29, 1.82) is 0 Å². The Morgan fingerprint density at radius 2 is 1.79 bits per heavy atom. The summed E-state index contributed by atoms with van der Waals surface area (Å²) in [5.74, 6) is 1.83. The van der Waals surface area contributed by atoms with Gasteiger partial charge in [0.1, 0.15) is 17.5 Å². The topological polar surface area (TPSA) is 62.8 Å². The third-order valence-electron chi connectivity index (χ3n) is 5.73. The summed E-state index contributed by atoms with van der Waals surface area (Å²) < 4.78 is 10.6. The largest absolute Gasteiger partial charge is 0.497 e. The predicted octanol–water partition coefficient (Wildman–Crippen LogP) is 2.98. The van der Waals surface area contributed by atoms with Gasteiger partial charge in [0.2, 0.25) is 5.91 Å². The maximum atomic E-state index is 13.2. The van der Waals surface area contributed by atoms with E-state index in [1.807, 2.05) is 47.4 Å². The number of rotatable bonds is 5. The normalized spacial score (nSPS) is 24.4. The minimum Gasteiger partial charge on any atom is -0.497 e. The van der Waals surface area contributed by atoms with Crippen LogP contribution < -0.4 is 20.3 Å². The Balaban J connectivity index is 1.44. The van der Waals surface area contributed by atoms with Gasteiger partial charge in [-0.15, -0.1) is 0 Å². The molecule has 0 aromatic heterocycles. The van der Waals surface area contributed by atoms with E-state index in [0.717, 1.165) is 48.4 Å². The quantitative estimate of drug-likeness (QED) is 0.834. The summed E-state index contributed by atoms with van der Waals surface area (Å²) >= 11 is 0. The van der Waals surface area contributed by atoms with Gasteiger partial charge in [-0.25, -0.2) is 10.9 Å². The minimum absolute atomic E-state index is 0.109. The van der Waals surface area contributed by atoms with E-state index in [1.54, 1.807) is 14.2 Å². The van der Waals surface area contributed by atoms with Gasteiger partial charge in [0, 0.05) is 12.6 Å². The van der Waals surface area contributed by atoms with Crippen LogP contribution in [-0.4, -0.2) is 37.6 Å². The number of nitrogens with one attached hydrogen (secondary N) is 2. The zero-order chi connectivity index (χ0) is 19.5. The molecule has 2 fully saturated rings. The second-order valence-corrected chi connectivity index (χ2v) is 7.37. The van der Waals surface area contributed by atoms with Crippen molar-refractivity contribution in [3.8, 4) is 11.5 Å². The number of likely N-dealkylation sites (tertiary alicyclic amines) is 1. The lowest BCUT2D eigenvalue weighted by Crippen LogP contribution is -2.45. The number of methoxy groups -OCH3 is 2. The van der Waals surface area contributed by atoms with E-state index in [2.05, 4.69) is 16.9 Å². The number of ether oxygens (including phenoxy) is 2. The summed E-state index contributed by atoms with van der Waals surface area (Å²) in [5, 5.41) is 0. The van der Waals surface area contributed by atoms with Gasteiger partial charge >= 0.3 is 0 Å². The first-order valence-electron chi connectivity index (χ1n) is 9.79. The summed E-state index contributed by atoms with van der Waals surface area (Å²) in [6.07, 6.45) is 2.74. The van der Waals surface area contributed by atoms with Gasteiger partial charge in [-0.2, -0.15) is 0 Å². The molecule has 0 radical (unpaired) electrons. The second kappa shape index (κ2) is 8.20. The van der Waals surface area contributed by atoms with Crippen LogP contribution in [0.25, 0.3) is 0 Å². The summed E-state index contributed by atoms with van der Waals surface area (Å²) in [6, 6.07) is 16.0. The molecule has 0 aliphatic carbocycles. The van der Waals surface area contributed by atoms with Crippen LogP contribution in [0, 0.1) is 0 Å². The van der Waals surface area contributed by atoms with Crippen LogP contribution in [0.3, 0.4) is 0 Å². The fourth-order valence-electron chi connectivity index (χ4n) is 4.20. The molecule has 0 saturated carbocycles. The van der Waals surface area contributed by atoms with Gasteiger partial charge < -0.3 is 14.4 Å². The molecule has 0 spiro atoms. The highest BCUT2D eigenvalue weighted by atomic mass is 16.5. The van der Waals surface area contributed by atoms with E-state index in [-0.39, 0.29) is 24.0 Å². The van der Waals surface area contributed by atoms with Crippen LogP contribution in [0.15, 0.2) is 48.5 Å². The Kier molecular flexibility index (Phi) is 5.50. The van der Waals surface area contributed by atoms with Crippen LogP contribution in [0.2, 0.25) is 0 Å². The average Bonchev–Trinajstić information content (AvgIpc) is 3.43. The predicted molar refractivity (Wildman–Crippen MR) is 107 cm³/mol. The fourth-order valence-corrected chi connectivity index (χ4v) is 4.20. The van der Waals surface area contributed by atoms with Gasteiger partial charge in [-0.3, -0.25) is 4.79 Å². The molecular weight excluding hydrogens is 354 g/mol. The maximum absolute atomic E-state index is 13.2. The lowest BCUT2D eigenvalue weighted by Gasteiger charge is -2.27. The smallest absolute Gasteiger partial charge is 0.241 e. The molecular formula is C22H27N3O3. The summed E-state index contributed by atoms with van der Waals surface area (Å²) in [5.41, 5.74) is 8.78. The highest BCUT2D eigenvalue weighted by Gasteiger charge is 2.37. The van der Waals surface area contributed by atoms with Gasteiger partial charge in [-0.1, -0.05) is 24.3 Å². The Hall–Kier alpha value is -2.57. The van der Waals surface area contributed by atoms with Crippen LogP contribution in [0.1, 0.15) is 42.5 Å².